The highest BCUT2D eigenvalue weighted by Gasteiger charge is 2.12. The molecule has 0 bridgehead atoms. The Morgan fingerprint density at radius 3 is 2.57 bits per heavy atom. The van der Waals surface area contributed by atoms with Crippen molar-refractivity contribution >= 4 is 51.7 Å². The second kappa shape index (κ2) is 9.05. The minimum Gasteiger partial charge on any atom is -0.493 e. The largest absolute Gasteiger partial charge is 0.493 e. The summed E-state index contributed by atoms with van der Waals surface area (Å²) in [5.41, 5.74) is 1.49. The molecule has 0 aliphatic heterocycles. The molecule has 6 nitrogen and oxygen atoms in total. The summed E-state index contributed by atoms with van der Waals surface area (Å²) in [7, 11) is 3.12. The van der Waals surface area contributed by atoms with Crippen LogP contribution in [-0.4, -0.2) is 30.3 Å². The summed E-state index contributed by atoms with van der Waals surface area (Å²) in [5.74, 6) is 0.865. The van der Waals surface area contributed by atoms with Crippen LogP contribution in [0.25, 0.3) is 16.6 Å². The smallest absolute Gasteiger partial charge is 0.250 e. The highest BCUT2D eigenvalue weighted by Crippen LogP contribution is 2.33. The first-order chi connectivity index (χ1) is 13.5. The SMILES string of the molecule is COc1ccc(/C=C/C(=O)Nc2nnc(-c3ccc(Cl)cc3Cl)s2)cc1OC. The van der Waals surface area contributed by atoms with Gasteiger partial charge >= 0.3 is 0 Å². The van der Waals surface area contributed by atoms with Crippen molar-refractivity contribution in [2.45, 2.75) is 0 Å². The van der Waals surface area contributed by atoms with Crippen molar-refractivity contribution in [3.05, 3.63) is 58.1 Å². The molecule has 2 aromatic carbocycles. The van der Waals surface area contributed by atoms with Crippen molar-refractivity contribution in [2.75, 3.05) is 19.5 Å². The number of hydrogen-bond donors (Lipinski definition) is 1. The number of aromatic nitrogens is 2. The predicted molar refractivity (Wildman–Crippen MR) is 113 cm³/mol. The van der Waals surface area contributed by atoms with Gasteiger partial charge in [0.25, 0.3) is 0 Å². The third-order valence-electron chi connectivity index (χ3n) is 3.65. The maximum atomic E-state index is 12.2. The number of amides is 1. The summed E-state index contributed by atoms with van der Waals surface area (Å²) in [6.07, 6.45) is 3.06. The van der Waals surface area contributed by atoms with Gasteiger partial charge in [0.15, 0.2) is 16.5 Å². The number of rotatable bonds is 6. The molecule has 0 saturated carbocycles. The minimum absolute atomic E-state index is 0.334. The van der Waals surface area contributed by atoms with E-state index in [1.165, 1.54) is 17.4 Å². The van der Waals surface area contributed by atoms with Crippen LogP contribution in [0.15, 0.2) is 42.5 Å². The van der Waals surface area contributed by atoms with Gasteiger partial charge in [0.05, 0.1) is 19.2 Å². The fourth-order valence-electron chi connectivity index (χ4n) is 2.32. The Hall–Kier alpha value is -2.61. The molecule has 1 N–H and O–H groups in total. The summed E-state index contributed by atoms with van der Waals surface area (Å²) < 4.78 is 10.4. The summed E-state index contributed by atoms with van der Waals surface area (Å²) in [6, 6.07) is 10.5. The zero-order valence-electron chi connectivity index (χ0n) is 14.9. The molecule has 1 heterocycles. The third-order valence-corrected chi connectivity index (χ3v) is 5.07. The number of ether oxygens (including phenoxy) is 2. The second-order valence-electron chi connectivity index (χ2n) is 5.47. The fourth-order valence-corrected chi connectivity index (χ4v) is 3.66. The van der Waals surface area contributed by atoms with Crippen LogP contribution in [0.4, 0.5) is 5.13 Å². The van der Waals surface area contributed by atoms with Crippen molar-refractivity contribution in [1.82, 2.24) is 10.2 Å². The number of hydrogen-bond acceptors (Lipinski definition) is 6. The van der Waals surface area contributed by atoms with E-state index in [2.05, 4.69) is 15.5 Å². The molecule has 1 aromatic heterocycles. The summed E-state index contributed by atoms with van der Waals surface area (Å²) in [6.45, 7) is 0. The molecule has 3 rings (SSSR count). The average molecular weight is 436 g/mol. The van der Waals surface area contributed by atoms with Gasteiger partial charge in [-0.1, -0.05) is 40.6 Å². The lowest BCUT2D eigenvalue weighted by Crippen LogP contribution is -2.07. The summed E-state index contributed by atoms with van der Waals surface area (Å²) in [4.78, 5) is 12.2. The average Bonchev–Trinajstić information content (AvgIpc) is 3.14. The molecule has 28 heavy (non-hydrogen) atoms. The molecule has 0 aliphatic rings. The highest BCUT2D eigenvalue weighted by molar-refractivity contribution is 7.18. The van der Waals surface area contributed by atoms with Crippen LogP contribution in [0.3, 0.4) is 0 Å². The van der Waals surface area contributed by atoms with E-state index in [0.717, 1.165) is 5.56 Å². The molecular formula is C19H15Cl2N3O3S. The van der Waals surface area contributed by atoms with Gasteiger partial charge in [-0.05, 0) is 42.0 Å². The van der Waals surface area contributed by atoms with E-state index in [1.54, 1.807) is 50.6 Å². The molecule has 0 aliphatic carbocycles. The quantitative estimate of drug-likeness (QED) is 0.539. The summed E-state index contributed by atoms with van der Waals surface area (Å²) in [5, 5.41) is 12.7. The van der Waals surface area contributed by atoms with Crippen LogP contribution < -0.4 is 14.8 Å². The van der Waals surface area contributed by atoms with Crippen LogP contribution in [0.1, 0.15) is 5.56 Å². The molecule has 0 saturated heterocycles. The molecule has 0 fully saturated rings. The van der Waals surface area contributed by atoms with Gasteiger partial charge in [-0.3, -0.25) is 10.1 Å². The number of carbonyl (C=O) groups is 1. The monoisotopic (exact) mass is 435 g/mol. The van der Waals surface area contributed by atoms with Crippen LogP contribution in [-0.2, 0) is 4.79 Å². The third kappa shape index (κ3) is 4.81. The first-order valence-electron chi connectivity index (χ1n) is 8.00. The van der Waals surface area contributed by atoms with E-state index >= 15 is 0 Å². The molecule has 144 valence electrons. The lowest BCUT2D eigenvalue weighted by atomic mass is 10.2. The Morgan fingerprint density at radius 1 is 1.07 bits per heavy atom. The van der Waals surface area contributed by atoms with Gasteiger partial charge in [0.2, 0.25) is 11.0 Å². The van der Waals surface area contributed by atoms with E-state index in [0.29, 0.717) is 37.2 Å². The van der Waals surface area contributed by atoms with Gasteiger partial charge in [-0.2, -0.15) is 0 Å². The molecule has 3 aromatic rings. The zero-order chi connectivity index (χ0) is 20.1. The molecular weight excluding hydrogens is 421 g/mol. The second-order valence-corrected chi connectivity index (χ2v) is 7.29. The number of anilines is 1. The molecule has 1 amide bonds. The Labute approximate surface area is 175 Å². The molecule has 0 unspecified atom stereocenters. The first-order valence-corrected chi connectivity index (χ1v) is 9.57. The van der Waals surface area contributed by atoms with Crippen LogP contribution >= 0.6 is 34.5 Å². The van der Waals surface area contributed by atoms with Crippen molar-refractivity contribution < 1.29 is 14.3 Å². The van der Waals surface area contributed by atoms with E-state index in [4.69, 9.17) is 32.7 Å². The molecule has 0 atom stereocenters. The lowest BCUT2D eigenvalue weighted by Gasteiger charge is -2.07. The number of methoxy groups -OCH3 is 2. The Bertz CT molecular complexity index is 1040. The maximum absolute atomic E-state index is 12.2. The predicted octanol–water partition coefficient (Wildman–Crippen LogP) is 5.18. The topological polar surface area (TPSA) is 73.3 Å². The highest BCUT2D eigenvalue weighted by atomic mass is 35.5. The fraction of sp³-hybridized carbons (Fsp3) is 0.105. The molecule has 0 radical (unpaired) electrons. The van der Waals surface area contributed by atoms with Crippen LogP contribution in [0, 0.1) is 0 Å². The van der Waals surface area contributed by atoms with Gasteiger partial charge in [-0.25, -0.2) is 0 Å². The Morgan fingerprint density at radius 2 is 1.86 bits per heavy atom. The standard InChI is InChI=1S/C19H15Cl2N3O3S/c1-26-15-7-3-11(9-16(15)27-2)4-8-17(25)22-19-24-23-18(28-19)13-6-5-12(20)10-14(13)21/h3-10H,1-2H3,(H,22,24,25)/b8-4+. The van der Waals surface area contributed by atoms with Crippen LogP contribution in [0.2, 0.25) is 10.0 Å². The maximum Gasteiger partial charge on any atom is 0.250 e. The van der Waals surface area contributed by atoms with Crippen molar-refractivity contribution in [2.24, 2.45) is 0 Å². The van der Waals surface area contributed by atoms with Gasteiger partial charge < -0.3 is 9.47 Å². The van der Waals surface area contributed by atoms with Crippen LogP contribution in [0.5, 0.6) is 11.5 Å². The zero-order valence-corrected chi connectivity index (χ0v) is 17.2. The van der Waals surface area contributed by atoms with E-state index in [1.807, 2.05) is 6.07 Å². The van der Waals surface area contributed by atoms with Gasteiger partial charge in [-0.15, -0.1) is 10.2 Å². The Kier molecular flexibility index (Phi) is 6.51. The lowest BCUT2D eigenvalue weighted by molar-refractivity contribution is -0.111. The Balaban J connectivity index is 1.69. The first kappa shape index (κ1) is 20.1. The van der Waals surface area contributed by atoms with E-state index in [9.17, 15) is 4.79 Å². The molecule has 0 spiro atoms. The van der Waals surface area contributed by atoms with Crippen molar-refractivity contribution in [1.29, 1.82) is 0 Å². The normalized spacial score (nSPS) is 10.9. The van der Waals surface area contributed by atoms with Gasteiger partial charge in [0.1, 0.15) is 0 Å². The van der Waals surface area contributed by atoms with Crippen molar-refractivity contribution in [3.63, 3.8) is 0 Å². The summed E-state index contributed by atoms with van der Waals surface area (Å²) >= 11 is 13.3. The number of benzene rings is 2. The van der Waals surface area contributed by atoms with Gasteiger partial charge in [0, 0.05) is 16.7 Å². The number of nitrogens with zero attached hydrogens (tertiary/aromatic N) is 2. The van der Waals surface area contributed by atoms with Crippen molar-refractivity contribution in [3.8, 4) is 22.1 Å². The number of halogens is 2. The number of carbonyl (C=O) groups excluding carboxylic acids is 1. The van der Waals surface area contributed by atoms with E-state index < -0.39 is 0 Å². The van der Waals surface area contributed by atoms with E-state index in [-0.39, 0.29) is 5.91 Å². The molecule has 9 heteroatoms. The number of nitrogens with one attached hydrogen (secondary N) is 1. The minimum atomic E-state index is -0.334.